The summed E-state index contributed by atoms with van der Waals surface area (Å²) >= 11 is 2.88. The molecule has 0 saturated heterocycles. The van der Waals surface area contributed by atoms with Crippen LogP contribution in [0.3, 0.4) is 0 Å². The Morgan fingerprint density at radius 1 is 1.35 bits per heavy atom. The van der Waals surface area contributed by atoms with E-state index >= 15 is 0 Å². The Bertz CT molecular complexity index is 754. The quantitative estimate of drug-likeness (QED) is 0.776. The highest BCUT2D eigenvalue weighted by Gasteiger charge is 2.13. The fourth-order valence-electron chi connectivity index (χ4n) is 1.77. The zero-order valence-electron chi connectivity index (χ0n) is 10.6. The highest BCUT2D eigenvalue weighted by atomic mass is 32.1. The molecule has 0 amide bonds. The molecule has 6 heteroatoms. The highest BCUT2D eigenvalue weighted by Crippen LogP contribution is 2.33. The molecule has 3 aromatic rings. The van der Waals surface area contributed by atoms with Crippen LogP contribution in [0, 0.1) is 0 Å². The first kappa shape index (κ1) is 13.1. The molecule has 1 N–H and O–H groups in total. The average molecular weight is 305 g/mol. The van der Waals surface area contributed by atoms with Crippen molar-refractivity contribution in [3.05, 3.63) is 40.3 Å². The van der Waals surface area contributed by atoms with Crippen molar-refractivity contribution in [3.8, 4) is 21.3 Å². The summed E-state index contributed by atoms with van der Waals surface area (Å²) in [5.74, 6) is 0.774. The summed E-state index contributed by atoms with van der Waals surface area (Å²) in [4.78, 5) is 16.2. The van der Waals surface area contributed by atoms with Crippen molar-refractivity contribution < 1.29 is 14.3 Å². The Balaban J connectivity index is 1.90. The molecule has 102 valence electrons. The summed E-state index contributed by atoms with van der Waals surface area (Å²) in [5.41, 5.74) is 1.09. The van der Waals surface area contributed by atoms with Crippen LogP contribution >= 0.6 is 22.7 Å². The number of rotatable bonds is 4. The lowest BCUT2D eigenvalue weighted by molar-refractivity contribution is 0.0697. The number of carboxylic acids is 1. The van der Waals surface area contributed by atoms with Crippen LogP contribution < -0.4 is 0 Å². The molecule has 0 aliphatic rings. The number of furan rings is 1. The minimum atomic E-state index is -0.915. The van der Waals surface area contributed by atoms with Crippen LogP contribution in [0.1, 0.15) is 23.0 Å². The Labute approximate surface area is 123 Å². The van der Waals surface area contributed by atoms with Gasteiger partial charge in [0.05, 0.1) is 16.1 Å². The summed E-state index contributed by atoms with van der Waals surface area (Å²) in [7, 11) is 0. The minimum absolute atomic E-state index is 0.297. The monoisotopic (exact) mass is 305 g/mol. The minimum Gasteiger partial charge on any atom is -0.478 e. The van der Waals surface area contributed by atoms with Gasteiger partial charge in [0.2, 0.25) is 0 Å². The first-order chi connectivity index (χ1) is 9.67. The van der Waals surface area contributed by atoms with Crippen molar-refractivity contribution in [3.63, 3.8) is 0 Å². The van der Waals surface area contributed by atoms with E-state index in [1.54, 1.807) is 11.4 Å². The second-order valence-electron chi connectivity index (χ2n) is 4.16. The maximum atomic E-state index is 10.9. The van der Waals surface area contributed by atoms with Gasteiger partial charge in [0, 0.05) is 17.2 Å². The number of hydrogen-bond acceptors (Lipinski definition) is 5. The van der Waals surface area contributed by atoms with E-state index in [4.69, 9.17) is 9.52 Å². The van der Waals surface area contributed by atoms with Crippen LogP contribution in [0.2, 0.25) is 0 Å². The molecule has 3 aromatic heterocycles. The fraction of sp³-hybridized carbons (Fsp3) is 0.143. The maximum absolute atomic E-state index is 10.9. The smallest absolute Gasteiger partial charge is 0.336 e. The molecule has 20 heavy (non-hydrogen) atoms. The predicted molar refractivity (Wildman–Crippen MR) is 79.5 cm³/mol. The van der Waals surface area contributed by atoms with Crippen LogP contribution in [0.5, 0.6) is 0 Å². The standard InChI is InChI=1S/C14H11NO3S2/c1-2-9-3-4-11(18-9)13-15-10(7-20-13)12-5-8(6-19-12)14(16)17/h3-7H,2H2,1H3,(H,16,17). The van der Waals surface area contributed by atoms with E-state index in [1.165, 1.54) is 22.7 Å². The molecule has 3 heterocycles. The second kappa shape index (κ2) is 5.22. The summed E-state index contributed by atoms with van der Waals surface area (Å²) < 4.78 is 5.67. The van der Waals surface area contributed by atoms with Gasteiger partial charge in [-0.2, -0.15) is 0 Å². The molecule has 3 rings (SSSR count). The second-order valence-corrected chi connectivity index (χ2v) is 5.93. The summed E-state index contributed by atoms with van der Waals surface area (Å²) in [6, 6.07) is 5.51. The molecule has 0 aliphatic carbocycles. The molecular formula is C14H11NO3S2. The third kappa shape index (κ3) is 2.39. The molecule has 0 aromatic carbocycles. The van der Waals surface area contributed by atoms with Gasteiger partial charge in [-0.1, -0.05) is 6.92 Å². The van der Waals surface area contributed by atoms with Crippen molar-refractivity contribution in [2.24, 2.45) is 0 Å². The van der Waals surface area contributed by atoms with Crippen LogP contribution in [0.15, 0.2) is 33.4 Å². The molecule has 4 nitrogen and oxygen atoms in total. The molecule has 0 unspecified atom stereocenters. The number of aromatic nitrogens is 1. The lowest BCUT2D eigenvalue weighted by atomic mass is 10.3. The number of aryl methyl sites for hydroxylation is 1. The Morgan fingerprint density at radius 2 is 2.20 bits per heavy atom. The Kier molecular flexibility index (Phi) is 3.42. The van der Waals surface area contributed by atoms with Crippen LogP contribution in [0.4, 0.5) is 0 Å². The first-order valence-electron chi connectivity index (χ1n) is 6.04. The van der Waals surface area contributed by atoms with E-state index in [0.29, 0.717) is 5.56 Å². The van der Waals surface area contributed by atoms with Gasteiger partial charge in [-0.25, -0.2) is 9.78 Å². The lowest BCUT2D eigenvalue weighted by Gasteiger charge is -1.90. The number of thiophene rings is 1. The third-order valence-corrected chi connectivity index (χ3v) is 4.63. The van der Waals surface area contributed by atoms with E-state index in [1.807, 2.05) is 24.4 Å². The third-order valence-electron chi connectivity index (χ3n) is 2.82. The maximum Gasteiger partial charge on any atom is 0.336 e. The number of hydrogen-bond donors (Lipinski definition) is 1. The van der Waals surface area contributed by atoms with E-state index in [2.05, 4.69) is 4.98 Å². The summed E-state index contributed by atoms with van der Waals surface area (Å²) in [5, 5.41) is 13.3. The van der Waals surface area contributed by atoms with E-state index in [9.17, 15) is 4.79 Å². The van der Waals surface area contributed by atoms with Crippen LogP contribution in [-0.4, -0.2) is 16.1 Å². The SMILES string of the molecule is CCc1ccc(-c2nc(-c3cc(C(=O)O)cs3)cs2)o1. The molecule has 0 radical (unpaired) electrons. The normalized spacial score (nSPS) is 10.8. The number of thiazole rings is 1. The number of aromatic carboxylic acids is 1. The highest BCUT2D eigenvalue weighted by molar-refractivity contribution is 7.15. The molecular weight excluding hydrogens is 294 g/mol. The number of carboxylic acid groups (broad SMARTS) is 1. The lowest BCUT2D eigenvalue weighted by Crippen LogP contribution is -1.91. The summed E-state index contributed by atoms with van der Waals surface area (Å²) in [6.07, 6.45) is 0.852. The molecule has 0 fully saturated rings. The molecule has 0 spiro atoms. The zero-order chi connectivity index (χ0) is 14.1. The first-order valence-corrected chi connectivity index (χ1v) is 7.80. The Hall–Kier alpha value is -1.92. The van der Waals surface area contributed by atoms with Gasteiger partial charge in [-0.3, -0.25) is 0 Å². The zero-order valence-corrected chi connectivity index (χ0v) is 12.3. The van der Waals surface area contributed by atoms with Gasteiger partial charge in [-0.15, -0.1) is 22.7 Å². The van der Waals surface area contributed by atoms with Crippen molar-refractivity contribution in [1.82, 2.24) is 4.98 Å². The van der Waals surface area contributed by atoms with Gasteiger partial charge in [0.25, 0.3) is 0 Å². The van der Waals surface area contributed by atoms with E-state index < -0.39 is 5.97 Å². The largest absolute Gasteiger partial charge is 0.478 e. The van der Waals surface area contributed by atoms with Gasteiger partial charge in [0.1, 0.15) is 5.76 Å². The van der Waals surface area contributed by atoms with Gasteiger partial charge >= 0.3 is 5.97 Å². The molecule has 0 saturated carbocycles. The summed E-state index contributed by atoms with van der Waals surface area (Å²) in [6.45, 7) is 2.04. The van der Waals surface area contributed by atoms with Crippen molar-refractivity contribution in [1.29, 1.82) is 0 Å². The predicted octanol–water partition coefficient (Wildman–Crippen LogP) is 4.39. The fourth-order valence-corrected chi connectivity index (χ4v) is 3.46. The van der Waals surface area contributed by atoms with Gasteiger partial charge in [-0.05, 0) is 18.2 Å². The van der Waals surface area contributed by atoms with Crippen LogP contribution in [-0.2, 0) is 6.42 Å². The topological polar surface area (TPSA) is 63.3 Å². The van der Waals surface area contributed by atoms with Gasteiger partial charge in [0.15, 0.2) is 10.8 Å². The molecule has 0 aliphatic heterocycles. The molecule has 0 bridgehead atoms. The van der Waals surface area contributed by atoms with Crippen molar-refractivity contribution in [2.45, 2.75) is 13.3 Å². The number of nitrogens with zero attached hydrogens (tertiary/aromatic N) is 1. The average Bonchev–Trinajstić information content (AvgIpc) is 3.17. The number of carbonyl (C=O) groups is 1. The van der Waals surface area contributed by atoms with Crippen LogP contribution in [0.25, 0.3) is 21.3 Å². The van der Waals surface area contributed by atoms with Gasteiger partial charge < -0.3 is 9.52 Å². The Morgan fingerprint density at radius 3 is 2.85 bits per heavy atom. The molecule has 0 atom stereocenters. The van der Waals surface area contributed by atoms with E-state index in [0.717, 1.165) is 33.5 Å². The van der Waals surface area contributed by atoms with E-state index in [-0.39, 0.29) is 0 Å². The van der Waals surface area contributed by atoms with Crippen molar-refractivity contribution in [2.75, 3.05) is 0 Å². The van der Waals surface area contributed by atoms with Crippen molar-refractivity contribution >= 4 is 28.6 Å².